The summed E-state index contributed by atoms with van der Waals surface area (Å²) in [6, 6.07) is 13.1. The van der Waals surface area contributed by atoms with Gasteiger partial charge in [0.1, 0.15) is 11.5 Å². The highest BCUT2D eigenvalue weighted by molar-refractivity contribution is 8.22. The van der Waals surface area contributed by atoms with E-state index in [1.165, 1.54) is 12.2 Å². The maximum atomic E-state index is 13.0. The van der Waals surface area contributed by atoms with Crippen molar-refractivity contribution in [3.63, 3.8) is 0 Å². The van der Waals surface area contributed by atoms with Gasteiger partial charge in [-0.1, -0.05) is 36.4 Å². The number of hydrogen-bond acceptors (Lipinski definition) is 6. The summed E-state index contributed by atoms with van der Waals surface area (Å²) in [6.07, 6.45) is 8.05. The van der Waals surface area contributed by atoms with Crippen LogP contribution in [0.4, 0.5) is 0 Å². The number of phenols is 2. The number of rotatable bonds is 6. The third-order valence-electron chi connectivity index (χ3n) is 4.30. The minimum atomic E-state index is -0.360. The number of thioether (sulfide) groups is 2. The van der Waals surface area contributed by atoms with Crippen molar-refractivity contribution in [3.8, 4) is 11.5 Å². The van der Waals surface area contributed by atoms with Crippen molar-refractivity contribution < 1.29 is 19.8 Å². The molecule has 1 heterocycles. The Morgan fingerprint density at radius 1 is 0.767 bits per heavy atom. The normalized spacial score (nSPS) is 14.7. The summed E-state index contributed by atoms with van der Waals surface area (Å²) in [5.41, 5.74) is 1.52. The predicted octanol–water partition coefficient (Wildman–Crippen LogP) is 5.43. The van der Waals surface area contributed by atoms with Crippen molar-refractivity contribution in [2.24, 2.45) is 0 Å². The van der Waals surface area contributed by atoms with Crippen LogP contribution in [0.1, 0.15) is 24.0 Å². The first-order valence-corrected chi connectivity index (χ1v) is 11.5. The van der Waals surface area contributed by atoms with Gasteiger partial charge in [0.2, 0.25) is 0 Å². The van der Waals surface area contributed by atoms with E-state index in [1.54, 1.807) is 84.2 Å². The molecular weight excluding hydrogens is 416 g/mol. The minimum absolute atomic E-state index is 0.114. The standard InChI is InChI=1S/C24H22O4S2/c25-19-7-3-5-17(15-19)9-11-21(27)23(24-29-13-1-2-14-30-24)22(28)12-10-18-6-4-8-20(26)16-18/h3-12,15-16,25-26H,1-2,13-14H2. The molecule has 2 N–H and O–H groups in total. The Kier molecular flexibility index (Phi) is 7.99. The van der Waals surface area contributed by atoms with Crippen LogP contribution in [-0.2, 0) is 9.59 Å². The lowest BCUT2D eigenvalue weighted by Gasteiger charge is -2.08. The topological polar surface area (TPSA) is 74.6 Å². The Balaban J connectivity index is 1.89. The predicted molar refractivity (Wildman–Crippen MR) is 125 cm³/mol. The van der Waals surface area contributed by atoms with Crippen molar-refractivity contribution in [1.29, 1.82) is 0 Å². The van der Waals surface area contributed by atoms with Gasteiger partial charge in [0.25, 0.3) is 0 Å². The molecule has 0 amide bonds. The second-order valence-corrected chi connectivity index (χ2v) is 9.12. The highest BCUT2D eigenvalue weighted by Crippen LogP contribution is 2.37. The number of phenolic OH excluding ortho intramolecular Hbond substituents is 2. The smallest absolute Gasteiger partial charge is 0.191 e. The molecular formula is C24H22O4S2. The lowest BCUT2D eigenvalue weighted by Crippen LogP contribution is -2.10. The molecule has 0 bridgehead atoms. The molecule has 0 radical (unpaired) electrons. The molecule has 0 unspecified atom stereocenters. The van der Waals surface area contributed by atoms with E-state index in [0.29, 0.717) is 11.1 Å². The first-order valence-electron chi connectivity index (χ1n) is 9.56. The largest absolute Gasteiger partial charge is 0.508 e. The first-order chi connectivity index (χ1) is 14.5. The molecule has 30 heavy (non-hydrogen) atoms. The number of benzene rings is 2. The summed E-state index contributed by atoms with van der Waals surface area (Å²) in [5, 5.41) is 19.2. The van der Waals surface area contributed by atoms with E-state index < -0.39 is 0 Å². The number of carbonyl (C=O) groups is 2. The zero-order chi connectivity index (χ0) is 21.3. The molecule has 4 nitrogen and oxygen atoms in total. The van der Waals surface area contributed by atoms with Crippen LogP contribution in [0.3, 0.4) is 0 Å². The zero-order valence-corrected chi connectivity index (χ0v) is 17.9. The number of ketones is 2. The molecule has 2 aromatic rings. The summed E-state index contributed by atoms with van der Waals surface area (Å²) in [4.78, 5) is 26.0. The molecule has 1 aliphatic rings. The fourth-order valence-electron chi connectivity index (χ4n) is 2.81. The van der Waals surface area contributed by atoms with E-state index in [-0.39, 0.29) is 28.6 Å². The fourth-order valence-corrected chi connectivity index (χ4v) is 5.40. The summed E-state index contributed by atoms with van der Waals surface area (Å²) >= 11 is 3.10. The van der Waals surface area contributed by atoms with E-state index in [1.807, 2.05) is 0 Å². The average Bonchev–Trinajstić information content (AvgIpc) is 3.00. The molecule has 0 saturated carbocycles. The van der Waals surface area contributed by atoms with Crippen molar-refractivity contribution in [2.75, 3.05) is 11.5 Å². The van der Waals surface area contributed by atoms with Crippen LogP contribution in [0.15, 0.2) is 70.5 Å². The maximum Gasteiger partial charge on any atom is 0.191 e. The van der Waals surface area contributed by atoms with Gasteiger partial charge >= 0.3 is 0 Å². The molecule has 0 spiro atoms. The first kappa shape index (κ1) is 22.0. The molecule has 0 aromatic heterocycles. The lowest BCUT2D eigenvalue weighted by atomic mass is 10.1. The molecule has 0 atom stereocenters. The lowest BCUT2D eigenvalue weighted by molar-refractivity contribution is -0.116. The monoisotopic (exact) mass is 438 g/mol. The van der Waals surface area contributed by atoms with Gasteiger partial charge in [-0.15, -0.1) is 23.5 Å². The number of aromatic hydroxyl groups is 2. The van der Waals surface area contributed by atoms with Crippen molar-refractivity contribution in [3.05, 3.63) is 81.6 Å². The second kappa shape index (κ2) is 10.9. The second-order valence-electron chi connectivity index (χ2n) is 6.65. The van der Waals surface area contributed by atoms with E-state index >= 15 is 0 Å². The Hall–Kier alpha value is -2.70. The van der Waals surface area contributed by atoms with Crippen LogP contribution in [0, 0.1) is 0 Å². The number of allylic oxidation sites excluding steroid dienone is 3. The highest BCUT2D eigenvalue weighted by atomic mass is 32.2. The van der Waals surface area contributed by atoms with E-state index in [0.717, 1.165) is 28.6 Å². The Labute approximate surface area is 184 Å². The summed E-state index contributed by atoms with van der Waals surface area (Å²) in [5.74, 6) is 1.26. The van der Waals surface area contributed by atoms with Crippen LogP contribution in [0.2, 0.25) is 0 Å². The molecule has 3 rings (SSSR count). The Bertz CT molecular complexity index is 942. The van der Waals surface area contributed by atoms with Gasteiger partial charge in [0.05, 0.1) is 9.81 Å². The Morgan fingerprint density at radius 2 is 1.23 bits per heavy atom. The Morgan fingerprint density at radius 3 is 1.67 bits per heavy atom. The quantitative estimate of drug-likeness (QED) is 0.356. The molecule has 6 heteroatoms. The van der Waals surface area contributed by atoms with E-state index in [9.17, 15) is 19.8 Å². The average molecular weight is 439 g/mol. The van der Waals surface area contributed by atoms with Crippen molar-refractivity contribution in [1.82, 2.24) is 0 Å². The van der Waals surface area contributed by atoms with Crippen LogP contribution < -0.4 is 0 Å². The van der Waals surface area contributed by atoms with Gasteiger partial charge in [0, 0.05) is 0 Å². The van der Waals surface area contributed by atoms with E-state index in [4.69, 9.17) is 0 Å². The SMILES string of the molecule is O=C(C=Cc1cccc(O)c1)C(C(=O)C=Cc1cccc(O)c1)=C1SCCCCS1. The molecule has 1 fully saturated rings. The molecule has 154 valence electrons. The third kappa shape index (κ3) is 6.40. The van der Waals surface area contributed by atoms with Gasteiger partial charge in [-0.25, -0.2) is 0 Å². The van der Waals surface area contributed by atoms with Crippen LogP contribution in [-0.4, -0.2) is 33.3 Å². The zero-order valence-electron chi connectivity index (χ0n) is 16.3. The number of carbonyl (C=O) groups excluding carboxylic acids is 2. The van der Waals surface area contributed by atoms with Crippen molar-refractivity contribution >= 4 is 47.2 Å². The van der Waals surface area contributed by atoms with Crippen LogP contribution in [0.5, 0.6) is 11.5 Å². The molecule has 1 saturated heterocycles. The van der Waals surface area contributed by atoms with E-state index in [2.05, 4.69) is 0 Å². The third-order valence-corrected chi connectivity index (χ3v) is 6.92. The highest BCUT2D eigenvalue weighted by Gasteiger charge is 2.21. The molecule has 0 aliphatic carbocycles. The molecule has 1 aliphatic heterocycles. The van der Waals surface area contributed by atoms with Crippen LogP contribution >= 0.6 is 23.5 Å². The number of hydrogen-bond donors (Lipinski definition) is 2. The minimum Gasteiger partial charge on any atom is -0.508 e. The van der Waals surface area contributed by atoms with Crippen molar-refractivity contribution in [2.45, 2.75) is 12.8 Å². The van der Waals surface area contributed by atoms with Gasteiger partial charge in [-0.2, -0.15) is 0 Å². The van der Waals surface area contributed by atoms with Gasteiger partial charge in [-0.3, -0.25) is 9.59 Å². The summed E-state index contributed by atoms with van der Waals surface area (Å²) in [6.45, 7) is 0. The van der Waals surface area contributed by atoms with Crippen LogP contribution in [0.25, 0.3) is 12.2 Å². The fraction of sp³-hybridized carbons (Fsp3) is 0.167. The van der Waals surface area contributed by atoms with Gasteiger partial charge in [-0.05, 0) is 71.9 Å². The molecule has 2 aromatic carbocycles. The summed E-state index contributed by atoms with van der Waals surface area (Å²) in [7, 11) is 0. The van der Waals surface area contributed by atoms with Gasteiger partial charge < -0.3 is 10.2 Å². The summed E-state index contributed by atoms with van der Waals surface area (Å²) < 4.78 is 0.753. The van der Waals surface area contributed by atoms with Gasteiger partial charge in [0.15, 0.2) is 11.6 Å². The maximum absolute atomic E-state index is 13.0.